The first-order valence-corrected chi connectivity index (χ1v) is 16.7. The first-order valence-electron chi connectivity index (χ1n) is 16.7. The molecule has 0 spiro atoms. The molecule has 2 aromatic heterocycles. The summed E-state index contributed by atoms with van der Waals surface area (Å²) in [4.78, 5) is 10.2. The molecule has 0 unspecified atom stereocenters. The fourth-order valence-corrected chi connectivity index (χ4v) is 6.95. The third kappa shape index (κ3) is 5.13. The van der Waals surface area contributed by atoms with Crippen molar-refractivity contribution < 1.29 is 4.42 Å². The van der Waals surface area contributed by atoms with E-state index in [1.54, 1.807) is 0 Å². The van der Waals surface area contributed by atoms with E-state index in [0.717, 1.165) is 71.9 Å². The molecule has 2 heterocycles. The molecule has 238 valence electrons. The number of amidine groups is 2. The maximum atomic E-state index is 6.62. The Hall–Kier alpha value is -6.72. The van der Waals surface area contributed by atoms with Crippen LogP contribution in [0.25, 0.3) is 60.6 Å². The van der Waals surface area contributed by atoms with Crippen LogP contribution in [-0.4, -0.2) is 16.2 Å². The summed E-state index contributed by atoms with van der Waals surface area (Å²) in [7, 11) is 0. The lowest BCUT2D eigenvalue weighted by Crippen LogP contribution is -2.16. The van der Waals surface area contributed by atoms with Crippen molar-refractivity contribution in [3.63, 3.8) is 0 Å². The van der Waals surface area contributed by atoms with Crippen LogP contribution in [0.4, 0.5) is 0 Å². The van der Waals surface area contributed by atoms with Gasteiger partial charge in [-0.2, -0.15) is 0 Å². The van der Waals surface area contributed by atoms with Crippen LogP contribution in [0, 0.1) is 0 Å². The number of para-hydroxylation sites is 3. The Morgan fingerprint density at radius 3 is 2.08 bits per heavy atom. The van der Waals surface area contributed by atoms with E-state index in [4.69, 9.17) is 20.1 Å². The molecule has 9 rings (SSSR count). The van der Waals surface area contributed by atoms with E-state index in [0.29, 0.717) is 18.2 Å². The third-order valence-electron chi connectivity index (χ3n) is 9.33. The highest BCUT2D eigenvalue weighted by Gasteiger charge is 2.20. The van der Waals surface area contributed by atoms with Gasteiger partial charge in [0.15, 0.2) is 11.4 Å². The van der Waals surface area contributed by atoms with Crippen molar-refractivity contribution in [2.24, 2.45) is 15.7 Å². The third-order valence-corrected chi connectivity index (χ3v) is 9.33. The van der Waals surface area contributed by atoms with E-state index in [1.165, 1.54) is 5.39 Å². The van der Waals surface area contributed by atoms with E-state index in [1.807, 2.05) is 72.8 Å². The minimum atomic E-state index is 0.386. The minimum Gasteiger partial charge on any atom is -0.454 e. The largest absolute Gasteiger partial charge is 0.454 e. The highest BCUT2D eigenvalue weighted by molar-refractivity contribution is 6.21. The predicted molar refractivity (Wildman–Crippen MR) is 207 cm³/mol. The summed E-state index contributed by atoms with van der Waals surface area (Å²) < 4.78 is 8.94. The van der Waals surface area contributed by atoms with E-state index in [9.17, 15) is 0 Å². The Labute approximate surface area is 289 Å². The molecule has 0 saturated carbocycles. The summed E-state index contributed by atoms with van der Waals surface area (Å²) in [5, 5.41) is 4.51. The van der Waals surface area contributed by atoms with Crippen molar-refractivity contribution >= 4 is 55.4 Å². The molecule has 5 nitrogen and oxygen atoms in total. The van der Waals surface area contributed by atoms with Gasteiger partial charge in [-0.1, -0.05) is 140 Å². The van der Waals surface area contributed by atoms with Crippen molar-refractivity contribution in [3.05, 3.63) is 187 Å². The molecule has 0 aliphatic carbocycles. The van der Waals surface area contributed by atoms with Crippen LogP contribution in [-0.2, 0) is 6.54 Å². The number of hydrogen-bond acceptors (Lipinski definition) is 2. The quantitative estimate of drug-likeness (QED) is 0.145. The summed E-state index contributed by atoms with van der Waals surface area (Å²) in [5.41, 5.74) is 16.6. The topological polar surface area (TPSA) is 68.8 Å². The molecular weight excluding hydrogens is 613 g/mol. The second-order valence-electron chi connectivity index (χ2n) is 12.4. The number of hydrogen-bond donors (Lipinski definition) is 1. The Bertz CT molecular complexity index is 2740. The zero-order valence-corrected chi connectivity index (χ0v) is 27.2. The van der Waals surface area contributed by atoms with Gasteiger partial charge in [-0.05, 0) is 47.0 Å². The van der Waals surface area contributed by atoms with Crippen LogP contribution >= 0.6 is 0 Å². The summed E-state index contributed by atoms with van der Waals surface area (Å²) >= 11 is 0. The molecule has 0 radical (unpaired) electrons. The van der Waals surface area contributed by atoms with Crippen LogP contribution in [0.15, 0.2) is 184 Å². The first kappa shape index (κ1) is 29.4. The lowest BCUT2D eigenvalue weighted by Gasteiger charge is -2.13. The molecule has 0 aliphatic heterocycles. The summed E-state index contributed by atoms with van der Waals surface area (Å²) in [6.07, 6.45) is 0. The zero-order chi connectivity index (χ0) is 33.4. The van der Waals surface area contributed by atoms with Crippen LogP contribution in [0.5, 0.6) is 0 Å². The molecule has 0 atom stereocenters. The summed E-state index contributed by atoms with van der Waals surface area (Å²) in [6, 6.07) is 58.1. The molecule has 0 amide bonds. The first-order chi connectivity index (χ1) is 24.7. The van der Waals surface area contributed by atoms with Gasteiger partial charge >= 0.3 is 0 Å². The van der Waals surface area contributed by atoms with E-state index in [2.05, 4.69) is 102 Å². The Kier molecular flexibility index (Phi) is 7.29. The summed E-state index contributed by atoms with van der Waals surface area (Å²) in [6.45, 7) is 0.386. The molecule has 5 heteroatoms. The maximum Gasteiger partial charge on any atom is 0.160 e. The number of rotatable bonds is 6. The Balaban J connectivity index is 1.22. The molecule has 7 aromatic carbocycles. The lowest BCUT2D eigenvalue weighted by atomic mass is 10.0. The molecule has 0 saturated heterocycles. The Morgan fingerprint density at radius 2 is 1.22 bits per heavy atom. The van der Waals surface area contributed by atoms with Gasteiger partial charge in [0.2, 0.25) is 0 Å². The number of nitrogens with two attached hydrogens (primary N) is 1. The molecule has 0 fully saturated rings. The van der Waals surface area contributed by atoms with Crippen molar-refractivity contribution in [1.82, 2.24) is 4.57 Å². The number of aromatic nitrogens is 1. The van der Waals surface area contributed by atoms with Gasteiger partial charge in [0.25, 0.3) is 0 Å². The summed E-state index contributed by atoms with van der Waals surface area (Å²) in [5.74, 6) is 0.984. The smallest absolute Gasteiger partial charge is 0.160 e. The predicted octanol–water partition coefficient (Wildman–Crippen LogP) is 10.7. The van der Waals surface area contributed by atoms with Crippen LogP contribution in [0.3, 0.4) is 0 Å². The molecule has 0 aliphatic rings. The SMILES string of the molecule is NC(=NC(=NCc1ccccc1-n1c2ccccc2c2ccc3c4ccccc4oc3c21)c1cccc(-c2ccccc2)c1)c1ccccc1. The van der Waals surface area contributed by atoms with Crippen molar-refractivity contribution in [1.29, 1.82) is 0 Å². The number of aliphatic imine (C=N–C) groups is 2. The normalized spacial score (nSPS) is 12.4. The molecular formula is C45H32N4O. The number of fused-ring (bicyclic) bond motifs is 7. The average Bonchev–Trinajstić information content (AvgIpc) is 3.73. The van der Waals surface area contributed by atoms with E-state index < -0.39 is 0 Å². The van der Waals surface area contributed by atoms with Gasteiger partial charge in [-0.3, -0.25) is 4.99 Å². The number of furan rings is 1. The van der Waals surface area contributed by atoms with Crippen LogP contribution < -0.4 is 5.73 Å². The van der Waals surface area contributed by atoms with Gasteiger partial charge in [0.05, 0.1) is 23.3 Å². The Morgan fingerprint density at radius 1 is 0.560 bits per heavy atom. The van der Waals surface area contributed by atoms with Gasteiger partial charge in [-0.15, -0.1) is 0 Å². The van der Waals surface area contributed by atoms with Crippen molar-refractivity contribution in [2.75, 3.05) is 0 Å². The second kappa shape index (κ2) is 12.4. The number of nitrogens with zero attached hydrogens (tertiary/aromatic N) is 3. The molecule has 2 N–H and O–H groups in total. The lowest BCUT2D eigenvalue weighted by molar-refractivity contribution is 0.671. The highest BCUT2D eigenvalue weighted by atomic mass is 16.3. The second-order valence-corrected chi connectivity index (χ2v) is 12.4. The van der Waals surface area contributed by atoms with Gasteiger partial charge in [0.1, 0.15) is 11.4 Å². The van der Waals surface area contributed by atoms with Crippen molar-refractivity contribution in [2.45, 2.75) is 6.54 Å². The maximum absolute atomic E-state index is 6.62. The monoisotopic (exact) mass is 644 g/mol. The fraction of sp³-hybridized carbons (Fsp3) is 0.0222. The zero-order valence-electron chi connectivity index (χ0n) is 27.2. The van der Waals surface area contributed by atoms with Gasteiger partial charge in [0, 0.05) is 32.7 Å². The highest BCUT2D eigenvalue weighted by Crippen LogP contribution is 2.40. The van der Waals surface area contributed by atoms with Crippen LogP contribution in [0.2, 0.25) is 0 Å². The van der Waals surface area contributed by atoms with E-state index >= 15 is 0 Å². The van der Waals surface area contributed by atoms with E-state index in [-0.39, 0.29) is 0 Å². The molecule has 9 aromatic rings. The fourth-order valence-electron chi connectivity index (χ4n) is 6.95. The minimum absolute atomic E-state index is 0.386. The van der Waals surface area contributed by atoms with Crippen LogP contribution in [0.1, 0.15) is 16.7 Å². The molecule has 50 heavy (non-hydrogen) atoms. The van der Waals surface area contributed by atoms with Gasteiger partial charge < -0.3 is 14.7 Å². The standard InChI is InChI=1S/C45H32N4O/c46-44(31-16-5-2-6-17-31)48-45(33-20-13-19-32(28-33)30-14-3-1-4-15-30)47-29-34-18-7-10-23-39(34)49-40-24-11-8-21-35(40)37-26-27-38-36-22-9-12-25-41(36)50-43(38)42(37)49/h1-28H,29H2,(H2,46,47,48). The average molecular weight is 645 g/mol. The van der Waals surface area contributed by atoms with Crippen molar-refractivity contribution in [3.8, 4) is 16.8 Å². The van der Waals surface area contributed by atoms with Gasteiger partial charge in [-0.25, -0.2) is 4.99 Å². The molecule has 0 bridgehead atoms. The number of benzene rings is 7.